The number of hydrogen-bond donors (Lipinski definition) is 1. The van der Waals surface area contributed by atoms with E-state index in [1.165, 1.54) is 5.52 Å². The Morgan fingerprint density at radius 1 is 1.39 bits per heavy atom. The molecule has 0 aliphatic carbocycles. The van der Waals surface area contributed by atoms with Gasteiger partial charge in [-0.05, 0) is 19.9 Å². The van der Waals surface area contributed by atoms with Crippen LogP contribution in [0.15, 0.2) is 35.6 Å². The second-order valence-electron chi connectivity index (χ2n) is 5.69. The van der Waals surface area contributed by atoms with Crippen molar-refractivity contribution in [2.75, 3.05) is 11.5 Å². The first-order valence-electron chi connectivity index (χ1n) is 7.79. The summed E-state index contributed by atoms with van der Waals surface area (Å²) in [5.41, 5.74) is 4.89. The van der Waals surface area contributed by atoms with Crippen LogP contribution in [-0.4, -0.2) is 32.3 Å². The molecular weight excluding hydrogens is 326 g/mol. The number of aromatic nitrogens is 1. The molecule has 1 aromatic carbocycles. The molecule has 0 spiro atoms. The highest BCUT2D eigenvalue weighted by atomic mass is 32.2. The zero-order valence-electron chi connectivity index (χ0n) is 13.4. The van der Waals surface area contributed by atoms with Crippen LogP contribution in [-0.2, 0) is 11.3 Å². The molecule has 0 atom stereocenters. The molecule has 3 rings (SSSR count). The number of aryl methyl sites for hydroxylation is 1. The number of benzene rings is 1. The first-order valence-corrected chi connectivity index (χ1v) is 9.76. The molecule has 1 saturated heterocycles. The predicted molar refractivity (Wildman–Crippen MR) is 101 cm³/mol. The van der Waals surface area contributed by atoms with Gasteiger partial charge in [0.25, 0.3) is 0 Å². The van der Waals surface area contributed by atoms with E-state index in [1.54, 1.807) is 6.21 Å². The molecule has 1 aromatic heterocycles. The quantitative estimate of drug-likeness (QED) is 0.663. The second-order valence-corrected chi connectivity index (χ2v) is 9.14. The van der Waals surface area contributed by atoms with Crippen LogP contribution in [0.4, 0.5) is 0 Å². The van der Waals surface area contributed by atoms with Gasteiger partial charge in [-0.1, -0.05) is 18.2 Å². The maximum Gasteiger partial charge on any atom is 0.242 e. The van der Waals surface area contributed by atoms with Crippen molar-refractivity contribution in [2.24, 2.45) is 5.10 Å². The van der Waals surface area contributed by atoms with Crippen molar-refractivity contribution in [3.63, 3.8) is 0 Å². The van der Waals surface area contributed by atoms with Crippen molar-refractivity contribution in [3.05, 3.63) is 36.0 Å². The molecule has 0 bridgehead atoms. The van der Waals surface area contributed by atoms with Gasteiger partial charge in [0.05, 0.1) is 16.7 Å². The summed E-state index contributed by atoms with van der Waals surface area (Å²) in [4.78, 5) is 12.1. The molecule has 1 fully saturated rings. The third-order valence-corrected chi connectivity index (χ3v) is 7.22. The minimum Gasteiger partial charge on any atom is -0.347 e. The first-order chi connectivity index (χ1) is 11.1. The lowest BCUT2D eigenvalue weighted by Gasteiger charge is -2.19. The number of hydrazone groups is 1. The summed E-state index contributed by atoms with van der Waals surface area (Å²) < 4.78 is 2.18. The topological polar surface area (TPSA) is 46.4 Å². The van der Waals surface area contributed by atoms with Crippen LogP contribution in [0.2, 0.25) is 0 Å². The normalized spacial score (nSPS) is 17.1. The lowest BCUT2D eigenvalue weighted by Crippen LogP contribution is -2.26. The Kier molecular flexibility index (Phi) is 5.02. The van der Waals surface area contributed by atoms with Gasteiger partial charge in [-0.3, -0.25) is 4.79 Å². The Bertz CT molecular complexity index is 733. The summed E-state index contributed by atoms with van der Waals surface area (Å²) in [6.07, 6.45) is 4.31. The number of nitrogens with zero attached hydrogens (tertiary/aromatic N) is 2. The monoisotopic (exact) mass is 347 g/mol. The van der Waals surface area contributed by atoms with Crippen molar-refractivity contribution >= 4 is 46.5 Å². The molecule has 4 nitrogen and oxygen atoms in total. The molecule has 1 aliphatic rings. The molecule has 0 radical (unpaired) electrons. The third-order valence-electron chi connectivity index (χ3n) is 3.93. The van der Waals surface area contributed by atoms with Gasteiger partial charge in [0.15, 0.2) is 0 Å². The van der Waals surface area contributed by atoms with Crippen molar-refractivity contribution in [3.8, 4) is 0 Å². The van der Waals surface area contributed by atoms with Crippen LogP contribution in [0.1, 0.15) is 25.8 Å². The molecule has 1 amide bonds. The fraction of sp³-hybridized carbons (Fsp3) is 0.412. The zero-order valence-corrected chi connectivity index (χ0v) is 15.0. The fourth-order valence-corrected chi connectivity index (χ4v) is 5.63. The van der Waals surface area contributed by atoms with E-state index in [2.05, 4.69) is 47.3 Å². The van der Waals surface area contributed by atoms with E-state index >= 15 is 0 Å². The Morgan fingerprint density at radius 3 is 2.87 bits per heavy atom. The number of rotatable bonds is 5. The van der Waals surface area contributed by atoms with Gasteiger partial charge in [0.2, 0.25) is 5.91 Å². The van der Waals surface area contributed by atoms with E-state index in [1.807, 2.05) is 35.7 Å². The Hall–Kier alpha value is -1.40. The number of hydrogen-bond acceptors (Lipinski definition) is 4. The van der Waals surface area contributed by atoms with Crippen molar-refractivity contribution < 1.29 is 4.79 Å². The summed E-state index contributed by atoms with van der Waals surface area (Å²) in [6.45, 7) is 5.16. The van der Waals surface area contributed by atoms with Crippen LogP contribution in [0.25, 0.3) is 10.9 Å². The lowest BCUT2D eigenvalue weighted by molar-refractivity contribution is -0.121. The fourth-order valence-electron chi connectivity index (χ4n) is 2.80. The molecule has 6 heteroatoms. The highest BCUT2D eigenvalue weighted by molar-refractivity contribution is 8.21. The van der Waals surface area contributed by atoms with E-state index < -0.39 is 0 Å². The minimum atomic E-state index is -0.0233. The van der Waals surface area contributed by atoms with Crippen LogP contribution >= 0.6 is 23.5 Å². The van der Waals surface area contributed by atoms with Gasteiger partial charge in [-0.2, -0.15) is 5.10 Å². The van der Waals surface area contributed by atoms with E-state index in [0.717, 1.165) is 29.0 Å². The summed E-state index contributed by atoms with van der Waals surface area (Å²) >= 11 is 3.72. The molecular formula is C17H21N3OS2. The van der Waals surface area contributed by atoms with E-state index in [4.69, 9.17) is 0 Å². The van der Waals surface area contributed by atoms with Crippen molar-refractivity contribution in [2.45, 2.75) is 30.9 Å². The molecule has 1 N–H and O–H groups in total. The highest BCUT2D eigenvalue weighted by Gasteiger charge is 2.32. The molecule has 2 heterocycles. The first kappa shape index (κ1) is 16.5. The van der Waals surface area contributed by atoms with Crippen molar-refractivity contribution in [1.29, 1.82) is 0 Å². The summed E-state index contributed by atoms with van der Waals surface area (Å²) in [6, 6.07) is 8.24. The van der Waals surface area contributed by atoms with Gasteiger partial charge in [0.1, 0.15) is 0 Å². The SMILES string of the molecule is CCn1cc(/C=N\NC(=O)CC2(C)SCCS2)c2ccccc21. The molecule has 23 heavy (non-hydrogen) atoms. The maximum absolute atomic E-state index is 12.1. The summed E-state index contributed by atoms with van der Waals surface area (Å²) in [7, 11) is 0. The number of amides is 1. The van der Waals surface area contributed by atoms with E-state index in [9.17, 15) is 4.79 Å². The largest absolute Gasteiger partial charge is 0.347 e. The molecule has 2 aromatic rings. The Labute approximate surface area is 145 Å². The number of carbonyl (C=O) groups excluding carboxylic acids is 1. The van der Waals surface area contributed by atoms with Gasteiger partial charge in [0, 0.05) is 40.7 Å². The molecule has 1 aliphatic heterocycles. The van der Waals surface area contributed by atoms with Crippen LogP contribution in [0.3, 0.4) is 0 Å². The zero-order chi connectivity index (χ0) is 16.3. The van der Waals surface area contributed by atoms with Gasteiger partial charge < -0.3 is 4.57 Å². The average Bonchev–Trinajstić information content (AvgIpc) is 3.11. The average molecular weight is 348 g/mol. The van der Waals surface area contributed by atoms with Crippen LogP contribution in [0.5, 0.6) is 0 Å². The predicted octanol–water partition coefficient (Wildman–Crippen LogP) is 3.70. The summed E-state index contributed by atoms with van der Waals surface area (Å²) in [5.74, 6) is 2.22. The maximum atomic E-state index is 12.1. The molecule has 122 valence electrons. The smallest absolute Gasteiger partial charge is 0.242 e. The van der Waals surface area contributed by atoms with Gasteiger partial charge >= 0.3 is 0 Å². The molecule has 0 saturated carbocycles. The lowest BCUT2D eigenvalue weighted by atomic mass is 10.2. The standard InChI is InChI=1S/C17H21N3OS2/c1-3-20-12-13(14-6-4-5-7-15(14)20)11-18-19-16(21)10-17(2)22-8-9-23-17/h4-7,11-12H,3,8-10H2,1-2H3,(H,19,21)/b18-11-. The minimum absolute atomic E-state index is 0.00214. The second kappa shape index (κ2) is 7.01. The van der Waals surface area contributed by atoms with Crippen molar-refractivity contribution in [1.82, 2.24) is 9.99 Å². The Balaban J connectivity index is 1.67. The van der Waals surface area contributed by atoms with Gasteiger partial charge in [-0.25, -0.2) is 5.43 Å². The number of carbonyl (C=O) groups is 1. The Morgan fingerprint density at radius 2 is 2.13 bits per heavy atom. The van der Waals surface area contributed by atoms with E-state index in [-0.39, 0.29) is 9.99 Å². The number of fused-ring (bicyclic) bond motifs is 1. The van der Waals surface area contributed by atoms with Gasteiger partial charge in [-0.15, -0.1) is 23.5 Å². The number of thioether (sulfide) groups is 2. The highest BCUT2D eigenvalue weighted by Crippen LogP contribution is 2.45. The van der Waals surface area contributed by atoms with E-state index in [0.29, 0.717) is 6.42 Å². The van der Waals surface area contributed by atoms with Crippen LogP contribution in [0, 0.1) is 0 Å². The third kappa shape index (κ3) is 3.75. The van der Waals surface area contributed by atoms with Crippen LogP contribution < -0.4 is 5.43 Å². The number of para-hydroxylation sites is 1. The molecule has 0 unspecified atom stereocenters. The summed E-state index contributed by atoms with van der Waals surface area (Å²) in [5, 5.41) is 5.31. The number of nitrogens with one attached hydrogen (secondary N) is 1.